The Labute approximate surface area is 168 Å². The predicted molar refractivity (Wildman–Crippen MR) is 103 cm³/mol. The lowest BCUT2D eigenvalue weighted by Crippen LogP contribution is -2.45. The highest BCUT2D eigenvalue weighted by Crippen LogP contribution is 2.44. The van der Waals surface area contributed by atoms with E-state index < -0.39 is 5.92 Å². The minimum absolute atomic E-state index is 0.0132. The third kappa shape index (κ3) is 3.30. The van der Waals surface area contributed by atoms with Crippen LogP contribution in [-0.2, 0) is 4.79 Å². The van der Waals surface area contributed by atoms with Gasteiger partial charge in [0, 0.05) is 43.5 Å². The first-order chi connectivity index (χ1) is 13.9. The zero-order valence-electron chi connectivity index (χ0n) is 16.4. The van der Waals surface area contributed by atoms with Gasteiger partial charge in [-0.15, -0.1) is 0 Å². The summed E-state index contributed by atoms with van der Waals surface area (Å²) in [6.07, 6.45) is 5.94. The highest BCUT2D eigenvalue weighted by molar-refractivity contribution is 6.16. The van der Waals surface area contributed by atoms with Crippen molar-refractivity contribution in [2.75, 3.05) is 13.1 Å². The summed E-state index contributed by atoms with van der Waals surface area (Å²) < 4.78 is 28.8. The van der Waals surface area contributed by atoms with Crippen molar-refractivity contribution >= 4 is 23.2 Å². The fraction of sp³-hybridized carbons (Fsp3) is 0.714. The maximum atomic E-state index is 13.5. The summed E-state index contributed by atoms with van der Waals surface area (Å²) >= 11 is 0. The van der Waals surface area contributed by atoms with Gasteiger partial charge in [0.2, 0.25) is 11.8 Å². The first kappa shape index (κ1) is 18.9. The van der Waals surface area contributed by atoms with E-state index in [9.17, 15) is 18.4 Å². The van der Waals surface area contributed by atoms with Gasteiger partial charge in [-0.1, -0.05) is 0 Å². The third-order valence-corrected chi connectivity index (χ3v) is 7.13. The Kier molecular flexibility index (Phi) is 4.55. The van der Waals surface area contributed by atoms with Gasteiger partial charge in [0.05, 0.1) is 24.2 Å². The van der Waals surface area contributed by atoms with Crippen LogP contribution in [-0.4, -0.2) is 51.1 Å². The van der Waals surface area contributed by atoms with Crippen LogP contribution < -0.4 is 0 Å². The number of nitrogens with zero attached hydrogens (tertiary/aromatic N) is 4. The van der Waals surface area contributed by atoms with Gasteiger partial charge in [0.15, 0.2) is 11.6 Å². The molecule has 2 aliphatic heterocycles. The lowest BCUT2D eigenvalue weighted by molar-refractivity contribution is -0.138. The zero-order valence-corrected chi connectivity index (χ0v) is 16.4. The summed E-state index contributed by atoms with van der Waals surface area (Å²) in [4.78, 5) is 32.3. The van der Waals surface area contributed by atoms with E-state index in [1.165, 1.54) is 6.20 Å². The number of likely N-dealkylation sites (tertiary alicyclic amines) is 1. The third-order valence-electron chi connectivity index (χ3n) is 7.13. The smallest absolute Gasteiger partial charge is 0.248 e. The molecule has 8 heteroatoms. The van der Waals surface area contributed by atoms with Crippen LogP contribution in [0, 0.1) is 11.8 Å². The molecule has 29 heavy (non-hydrogen) atoms. The van der Waals surface area contributed by atoms with Crippen molar-refractivity contribution in [3.05, 3.63) is 11.8 Å². The maximum absolute atomic E-state index is 13.5. The second kappa shape index (κ2) is 6.99. The molecule has 0 unspecified atom stereocenters. The van der Waals surface area contributed by atoms with Crippen LogP contribution in [0.5, 0.6) is 0 Å². The first-order valence-electron chi connectivity index (χ1n) is 10.8. The van der Waals surface area contributed by atoms with Crippen LogP contribution >= 0.6 is 0 Å². The summed E-state index contributed by atoms with van der Waals surface area (Å²) in [7, 11) is 0. The van der Waals surface area contributed by atoms with Gasteiger partial charge in [-0.05, 0) is 38.5 Å². The van der Waals surface area contributed by atoms with Crippen LogP contribution in [0.25, 0.3) is 0 Å². The second-order valence-electron chi connectivity index (χ2n) is 8.94. The molecule has 1 aromatic heterocycles. The summed E-state index contributed by atoms with van der Waals surface area (Å²) in [5, 5.41) is 4.34. The molecule has 0 N–H and O–H groups in total. The molecule has 1 saturated heterocycles. The van der Waals surface area contributed by atoms with Crippen molar-refractivity contribution in [3.8, 4) is 0 Å². The second-order valence-corrected chi connectivity index (χ2v) is 8.94. The molecule has 3 heterocycles. The number of rotatable bonds is 3. The standard InChI is InChI=1S/C21H26F2N4O2/c22-21(23)7-5-13(6-8-21)27-19-16(12-24-27)18(28)11-17(25-19)14-3-4-15(14)20(29)26-9-1-2-10-26/h12-15H,1-11H2/t14-,15-/m0/s1. The van der Waals surface area contributed by atoms with Crippen molar-refractivity contribution in [1.82, 2.24) is 14.7 Å². The van der Waals surface area contributed by atoms with Crippen LogP contribution in [0.3, 0.4) is 0 Å². The minimum atomic E-state index is -2.61. The van der Waals surface area contributed by atoms with E-state index in [2.05, 4.69) is 5.10 Å². The number of aliphatic imine (C=N–C) groups is 1. The Bertz CT molecular complexity index is 862. The molecule has 156 valence electrons. The molecule has 0 spiro atoms. The average Bonchev–Trinajstić information content (AvgIpc) is 3.31. The first-order valence-corrected chi connectivity index (χ1v) is 10.8. The number of carbonyl (C=O) groups excluding carboxylic acids is 2. The predicted octanol–water partition coefficient (Wildman–Crippen LogP) is 3.94. The number of fused-ring (bicyclic) bond motifs is 1. The Morgan fingerprint density at radius 2 is 1.83 bits per heavy atom. The number of ketones is 1. The average molecular weight is 404 g/mol. The fourth-order valence-corrected chi connectivity index (χ4v) is 5.22. The summed E-state index contributed by atoms with van der Waals surface area (Å²) in [5.41, 5.74) is 1.25. The van der Waals surface area contributed by atoms with Gasteiger partial charge in [-0.25, -0.2) is 18.5 Å². The van der Waals surface area contributed by atoms with Gasteiger partial charge in [-0.2, -0.15) is 5.10 Å². The molecule has 6 nitrogen and oxygen atoms in total. The van der Waals surface area contributed by atoms with Crippen molar-refractivity contribution in [2.45, 2.75) is 69.8 Å². The van der Waals surface area contributed by atoms with Crippen molar-refractivity contribution in [3.63, 3.8) is 0 Å². The highest BCUT2D eigenvalue weighted by Gasteiger charge is 2.44. The molecule has 1 amide bonds. The van der Waals surface area contributed by atoms with Crippen molar-refractivity contribution < 1.29 is 18.4 Å². The molecule has 0 aromatic carbocycles. The van der Waals surface area contributed by atoms with E-state index in [0.29, 0.717) is 24.2 Å². The monoisotopic (exact) mass is 404 g/mol. The zero-order chi connectivity index (χ0) is 20.2. The Morgan fingerprint density at radius 1 is 1.10 bits per heavy atom. The molecule has 2 atom stereocenters. The van der Waals surface area contributed by atoms with Gasteiger partial charge < -0.3 is 4.90 Å². The topological polar surface area (TPSA) is 67.6 Å². The fourth-order valence-electron chi connectivity index (χ4n) is 5.22. The van der Waals surface area contributed by atoms with Gasteiger partial charge in [0.25, 0.3) is 0 Å². The number of halogens is 2. The Morgan fingerprint density at radius 3 is 2.48 bits per heavy atom. The molecule has 3 fully saturated rings. The van der Waals surface area contributed by atoms with Gasteiger partial charge in [0.1, 0.15) is 0 Å². The Hall–Kier alpha value is -2.12. The SMILES string of the molecule is O=C1CC([C@H]2CC[C@@H]2C(=O)N2CCCC2)=Nc2c1cnn2C1CCC(F)(F)CC1. The molecule has 2 aliphatic carbocycles. The number of alkyl halides is 2. The number of amides is 1. The number of aromatic nitrogens is 2. The molecule has 0 radical (unpaired) electrons. The summed E-state index contributed by atoms with van der Waals surface area (Å²) in [5.74, 6) is -2.00. The molecule has 1 aromatic rings. The quantitative estimate of drug-likeness (QED) is 0.766. The molecule has 5 rings (SSSR count). The van der Waals surface area contributed by atoms with Crippen LogP contribution in [0.4, 0.5) is 14.6 Å². The molecule has 2 saturated carbocycles. The largest absolute Gasteiger partial charge is 0.342 e. The molecule has 0 bridgehead atoms. The van der Waals surface area contributed by atoms with Crippen molar-refractivity contribution in [2.24, 2.45) is 16.8 Å². The number of Topliss-reactive ketones (excluding diaryl/α,β-unsaturated/α-hetero) is 1. The molecular formula is C21H26F2N4O2. The normalized spacial score (nSPS) is 29.4. The van der Waals surface area contributed by atoms with Gasteiger partial charge in [-0.3, -0.25) is 9.59 Å². The van der Waals surface area contributed by atoms with E-state index in [1.54, 1.807) is 4.68 Å². The van der Waals surface area contributed by atoms with E-state index in [0.717, 1.165) is 44.5 Å². The van der Waals surface area contributed by atoms with E-state index in [-0.39, 0.29) is 48.8 Å². The van der Waals surface area contributed by atoms with Crippen LogP contribution in [0.2, 0.25) is 0 Å². The molecule has 4 aliphatic rings. The van der Waals surface area contributed by atoms with Crippen LogP contribution in [0.15, 0.2) is 11.2 Å². The molecular weight excluding hydrogens is 378 g/mol. The summed E-state index contributed by atoms with van der Waals surface area (Å²) in [6, 6.07) is -0.155. The van der Waals surface area contributed by atoms with Crippen LogP contribution in [0.1, 0.15) is 74.2 Å². The van der Waals surface area contributed by atoms with E-state index in [4.69, 9.17) is 4.99 Å². The van der Waals surface area contributed by atoms with Gasteiger partial charge >= 0.3 is 0 Å². The van der Waals surface area contributed by atoms with Crippen molar-refractivity contribution in [1.29, 1.82) is 0 Å². The van der Waals surface area contributed by atoms with E-state index >= 15 is 0 Å². The number of carbonyl (C=O) groups is 2. The number of hydrogen-bond donors (Lipinski definition) is 0. The maximum Gasteiger partial charge on any atom is 0.248 e. The van der Waals surface area contributed by atoms with E-state index in [1.807, 2.05) is 4.90 Å². The minimum Gasteiger partial charge on any atom is -0.342 e. The lowest BCUT2D eigenvalue weighted by Gasteiger charge is -2.39. The highest BCUT2D eigenvalue weighted by atomic mass is 19.3. The summed E-state index contributed by atoms with van der Waals surface area (Å²) in [6.45, 7) is 1.66. The Balaban J connectivity index is 1.38. The lowest BCUT2D eigenvalue weighted by atomic mass is 9.69. The number of hydrogen-bond acceptors (Lipinski definition) is 4.